The second kappa shape index (κ2) is 7.99. The lowest BCUT2D eigenvalue weighted by molar-refractivity contribution is -0.138. The van der Waals surface area contributed by atoms with E-state index < -0.39 is 0 Å². The molecular weight excluding hydrogens is 292 g/mol. The molecule has 0 bridgehead atoms. The number of aliphatic imine (C=N–C) groups is 1. The molecule has 132 valence electrons. The van der Waals surface area contributed by atoms with Gasteiger partial charge in [0.05, 0.1) is 11.5 Å². The van der Waals surface area contributed by atoms with Gasteiger partial charge in [0, 0.05) is 40.2 Å². The normalized spacial score (nSPS) is 27.0. The standard InChI is InChI=1S/C17H32N4O2/c1-18-16(19-11-13-7-6-8-14(13)22)20-12-17(9-4-5-10-17)15(23)21(2)3/h13-14,22H,4-12H2,1-3H3,(H2,18,19,20). The Kier molecular flexibility index (Phi) is 6.27. The first-order valence-electron chi connectivity index (χ1n) is 8.83. The number of rotatable bonds is 5. The molecule has 6 heteroatoms. The largest absolute Gasteiger partial charge is 0.393 e. The molecule has 3 N–H and O–H groups in total. The van der Waals surface area contributed by atoms with Crippen LogP contribution in [0.3, 0.4) is 0 Å². The number of hydrogen-bond acceptors (Lipinski definition) is 3. The van der Waals surface area contributed by atoms with Crippen LogP contribution in [0.5, 0.6) is 0 Å². The quantitative estimate of drug-likeness (QED) is 0.520. The Morgan fingerprint density at radius 1 is 1.22 bits per heavy atom. The second-order valence-electron chi connectivity index (χ2n) is 7.25. The molecule has 2 aliphatic carbocycles. The van der Waals surface area contributed by atoms with Crippen LogP contribution in [0.2, 0.25) is 0 Å². The van der Waals surface area contributed by atoms with Crippen LogP contribution in [0.4, 0.5) is 0 Å². The third-order valence-corrected chi connectivity index (χ3v) is 5.39. The highest BCUT2D eigenvalue weighted by atomic mass is 16.3. The molecule has 2 saturated carbocycles. The van der Waals surface area contributed by atoms with Crippen LogP contribution in [0.25, 0.3) is 0 Å². The van der Waals surface area contributed by atoms with Crippen molar-refractivity contribution in [1.29, 1.82) is 0 Å². The van der Waals surface area contributed by atoms with Crippen LogP contribution in [-0.4, -0.2) is 62.2 Å². The number of carbonyl (C=O) groups is 1. The molecule has 2 fully saturated rings. The zero-order chi connectivity index (χ0) is 16.9. The second-order valence-corrected chi connectivity index (χ2v) is 7.25. The highest BCUT2D eigenvalue weighted by Crippen LogP contribution is 2.38. The monoisotopic (exact) mass is 324 g/mol. The van der Waals surface area contributed by atoms with Gasteiger partial charge < -0.3 is 20.6 Å². The van der Waals surface area contributed by atoms with E-state index >= 15 is 0 Å². The molecule has 0 radical (unpaired) electrons. The molecule has 0 aromatic rings. The molecule has 1 amide bonds. The average Bonchev–Trinajstić information content (AvgIpc) is 3.17. The first-order valence-corrected chi connectivity index (χ1v) is 8.83. The number of aliphatic hydroxyl groups is 1. The van der Waals surface area contributed by atoms with E-state index in [0.29, 0.717) is 12.5 Å². The topological polar surface area (TPSA) is 77.0 Å². The van der Waals surface area contributed by atoms with Crippen molar-refractivity contribution in [3.63, 3.8) is 0 Å². The van der Waals surface area contributed by atoms with E-state index in [1.165, 1.54) is 0 Å². The lowest BCUT2D eigenvalue weighted by atomic mass is 9.84. The summed E-state index contributed by atoms with van der Waals surface area (Å²) in [7, 11) is 5.41. The fraction of sp³-hybridized carbons (Fsp3) is 0.882. The summed E-state index contributed by atoms with van der Waals surface area (Å²) in [6, 6.07) is 0. The van der Waals surface area contributed by atoms with Gasteiger partial charge in [0.2, 0.25) is 5.91 Å². The maximum Gasteiger partial charge on any atom is 0.230 e. The van der Waals surface area contributed by atoms with Crippen molar-refractivity contribution in [3.8, 4) is 0 Å². The SMILES string of the molecule is CN=C(NCC1CCCC1O)NCC1(C(=O)N(C)C)CCCC1. The van der Waals surface area contributed by atoms with E-state index in [0.717, 1.165) is 57.5 Å². The van der Waals surface area contributed by atoms with Gasteiger partial charge in [0.25, 0.3) is 0 Å². The minimum Gasteiger partial charge on any atom is -0.393 e. The molecule has 2 rings (SSSR count). The van der Waals surface area contributed by atoms with Gasteiger partial charge in [0.1, 0.15) is 0 Å². The van der Waals surface area contributed by atoms with Gasteiger partial charge in [0.15, 0.2) is 5.96 Å². The zero-order valence-electron chi connectivity index (χ0n) is 14.8. The van der Waals surface area contributed by atoms with Crippen molar-refractivity contribution in [3.05, 3.63) is 0 Å². The van der Waals surface area contributed by atoms with E-state index in [-0.39, 0.29) is 17.4 Å². The number of nitrogens with one attached hydrogen (secondary N) is 2. The third-order valence-electron chi connectivity index (χ3n) is 5.39. The fourth-order valence-electron chi connectivity index (χ4n) is 3.95. The van der Waals surface area contributed by atoms with Crippen molar-refractivity contribution >= 4 is 11.9 Å². The molecular formula is C17H32N4O2. The summed E-state index contributed by atoms with van der Waals surface area (Å²) in [5.41, 5.74) is -0.298. The third kappa shape index (κ3) is 4.37. The van der Waals surface area contributed by atoms with Gasteiger partial charge in [-0.15, -0.1) is 0 Å². The van der Waals surface area contributed by atoms with Crippen molar-refractivity contribution in [2.75, 3.05) is 34.2 Å². The summed E-state index contributed by atoms with van der Waals surface area (Å²) in [6.07, 6.45) is 6.97. The molecule has 0 aromatic heterocycles. The Labute approximate surface area is 139 Å². The Hall–Kier alpha value is -1.30. The van der Waals surface area contributed by atoms with Crippen LogP contribution in [0.15, 0.2) is 4.99 Å². The van der Waals surface area contributed by atoms with Crippen molar-refractivity contribution < 1.29 is 9.90 Å². The number of aliphatic hydroxyl groups excluding tert-OH is 1. The first-order chi connectivity index (χ1) is 11.0. The van der Waals surface area contributed by atoms with Gasteiger partial charge in [-0.2, -0.15) is 0 Å². The average molecular weight is 324 g/mol. The summed E-state index contributed by atoms with van der Waals surface area (Å²) in [5, 5.41) is 16.5. The molecule has 2 unspecified atom stereocenters. The zero-order valence-corrected chi connectivity index (χ0v) is 14.8. The van der Waals surface area contributed by atoms with Crippen LogP contribution < -0.4 is 10.6 Å². The summed E-state index contributed by atoms with van der Waals surface area (Å²) in [5.74, 6) is 1.24. The summed E-state index contributed by atoms with van der Waals surface area (Å²) in [6.45, 7) is 1.35. The number of nitrogens with zero attached hydrogens (tertiary/aromatic N) is 2. The van der Waals surface area contributed by atoms with Gasteiger partial charge in [-0.25, -0.2) is 0 Å². The smallest absolute Gasteiger partial charge is 0.230 e. The minimum absolute atomic E-state index is 0.197. The van der Waals surface area contributed by atoms with Gasteiger partial charge in [-0.1, -0.05) is 19.3 Å². The molecule has 6 nitrogen and oxygen atoms in total. The maximum absolute atomic E-state index is 12.6. The highest BCUT2D eigenvalue weighted by molar-refractivity contribution is 5.85. The lowest BCUT2D eigenvalue weighted by Gasteiger charge is -2.31. The molecule has 0 aliphatic heterocycles. The molecule has 23 heavy (non-hydrogen) atoms. The van der Waals surface area contributed by atoms with E-state index in [2.05, 4.69) is 15.6 Å². The van der Waals surface area contributed by atoms with E-state index in [4.69, 9.17) is 0 Å². The number of guanidine groups is 1. The van der Waals surface area contributed by atoms with Crippen molar-refractivity contribution in [2.45, 2.75) is 51.0 Å². The lowest BCUT2D eigenvalue weighted by Crippen LogP contribution is -2.50. The van der Waals surface area contributed by atoms with Crippen molar-refractivity contribution in [1.82, 2.24) is 15.5 Å². The molecule has 2 atom stereocenters. The Morgan fingerprint density at radius 3 is 2.43 bits per heavy atom. The summed E-state index contributed by atoms with van der Waals surface area (Å²) >= 11 is 0. The Morgan fingerprint density at radius 2 is 1.91 bits per heavy atom. The van der Waals surface area contributed by atoms with E-state index in [1.807, 2.05) is 14.1 Å². The van der Waals surface area contributed by atoms with Gasteiger partial charge in [-0.3, -0.25) is 9.79 Å². The van der Waals surface area contributed by atoms with Gasteiger partial charge >= 0.3 is 0 Å². The fourth-order valence-corrected chi connectivity index (χ4v) is 3.95. The molecule has 0 aromatic carbocycles. The predicted molar refractivity (Wildman–Crippen MR) is 92.3 cm³/mol. The summed E-state index contributed by atoms with van der Waals surface area (Å²) < 4.78 is 0. The van der Waals surface area contributed by atoms with Gasteiger partial charge in [-0.05, 0) is 25.7 Å². The first kappa shape index (κ1) is 18.0. The Balaban J connectivity index is 1.87. The number of amides is 1. The number of carbonyl (C=O) groups excluding carboxylic acids is 1. The molecule has 2 aliphatic rings. The minimum atomic E-state index is -0.298. The number of hydrogen-bond donors (Lipinski definition) is 3. The van der Waals surface area contributed by atoms with Crippen LogP contribution in [-0.2, 0) is 4.79 Å². The van der Waals surface area contributed by atoms with E-state index in [9.17, 15) is 9.90 Å². The van der Waals surface area contributed by atoms with E-state index in [1.54, 1.807) is 11.9 Å². The Bertz CT molecular complexity index is 430. The predicted octanol–water partition coefficient (Wildman–Crippen LogP) is 0.961. The molecule has 0 spiro atoms. The van der Waals surface area contributed by atoms with Crippen molar-refractivity contribution in [2.24, 2.45) is 16.3 Å². The highest BCUT2D eigenvalue weighted by Gasteiger charge is 2.42. The van der Waals surface area contributed by atoms with Crippen LogP contribution in [0.1, 0.15) is 44.9 Å². The van der Waals surface area contributed by atoms with Crippen LogP contribution in [0, 0.1) is 11.3 Å². The summed E-state index contributed by atoms with van der Waals surface area (Å²) in [4.78, 5) is 18.5. The van der Waals surface area contributed by atoms with Crippen LogP contribution >= 0.6 is 0 Å². The maximum atomic E-state index is 12.6. The molecule has 0 heterocycles. The molecule has 0 saturated heterocycles.